The van der Waals surface area contributed by atoms with Crippen LogP contribution in [0.25, 0.3) is 10.2 Å². The van der Waals surface area contributed by atoms with Gasteiger partial charge in [0.2, 0.25) is 5.91 Å². The molecule has 1 aliphatic rings. The summed E-state index contributed by atoms with van der Waals surface area (Å²) in [4.78, 5) is 19.3. The van der Waals surface area contributed by atoms with Gasteiger partial charge in [0, 0.05) is 29.6 Å². The van der Waals surface area contributed by atoms with Crippen molar-refractivity contribution in [1.82, 2.24) is 9.88 Å². The van der Waals surface area contributed by atoms with Crippen LogP contribution in [0, 0.1) is 11.3 Å². The van der Waals surface area contributed by atoms with Crippen molar-refractivity contribution in [3.05, 3.63) is 58.1 Å². The molecule has 148 valence electrons. The summed E-state index contributed by atoms with van der Waals surface area (Å²) >= 11 is 7.83. The highest BCUT2D eigenvalue weighted by atomic mass is 35.5. The van der Waals surface area contributed by atoms with Gasteiger partial charge in [0.1, 0.15) is 0 Å². The standard InChI is InChI=1S/C22H21ClN4OS/c23-17-3-6-20-19(13-17)26-22(29-20)16-7-10-27(11-8-16)12-9-21(28)25-18-4-1-15(14-24)2-5-18/h1-6,13,16H,7-12H2,(H,25,28). The van der Waals surface area contributed by atoms with E-state index in [1.54, 1.807) is 35.6 Å². The predicted molar refractivity (Wildman–Crippen MR) is 117 cm³/mol. The number of nitriles is 1. The third-order valence-corrected chi connectivity index (χ3v) is 6.69. The van der Waals surface area contributed by atoms with E-state index >= 15 is 0 Å². The monoisotopic (exact) mass is 424 g/mol. The number of piperidine rings is 1. The number of nitrogens with one attached hydrogen (secondary N) is 1. The van der Waals surface area contributed by atoms with Gasteiger partial charge in [-0.25, -0.2) is 4.98 Å². The second-order valence-electron chi connectivity index (χ2n) is 7.27. The van der Waals surface area contributed by atoms with Gasteiger partial charge >= 0.3 is 0 Å². The molecule has 1 amide bonds. The van der Waals surface area contributed by atoms with Gasteiger partial charge in [-0.15, -0.1) is 11.3 Å². The number of amides is 1. The van der Waals surface area contributed by atoms with Crippen molar-refractivity contribution in [2.45, 2.75) is 25.2 Å². The minimum absolute atomic E-state index is 0.000108. The number of nitrogens with zero attached hydrogens (tertiary/aromatic N) is 3. The molecule has 1 aliphatic heterocycles. The van der Waals surface area contributed by atoms with E-state index < -0.39 is 0 Å². The molecule has 0 radical (unpaired) electrons. The average molecular weight is 425 g/mol. The zero-order valence-electron chi connectivity index (χ0n) is 15.9. The molecule has 2 heterocycles. The first kappa shape index (κ1) is 19.8. The number of fused-ring (bicyclic) bond motifs is 1. The maximum absolute atomic E-state index is 12.2. The predicted octanol–water partition coefficient (Wildman–Crippen LogP) is 5.03. The SMILES string of the molecule is N#Cc1ccc(NC(=O)CCN2CCC(c3nc4cc(Cl)ccc4s3)CC2)cc1. The molecule has 5 nitrogen and oxygen atoms in total. The van der Waals surface area contributed by atoms with Crippen molar-refractivity contribution in [3.8, 4) is 6.07 Å². The number of benzene rings is 2. The minimum Gasteiger partial charge on any atom is -0.326 e. The van der Waals surface area contributed by atoms with E-state index in [1.807, 2.05) is 18.2 Å². The Morgan fingerprint density at radius 2 is 2.00 bits per heavy atom. The average Bonchev–Trinajstić information content (AvgIpc) is 3.16. The fourth-order valence-corrected chi connectivity index (χ4v) is 4.89. The number of hydrogen-bond acceptors (Lipinski definition) is 5. The third kappa shape index (κ3) is 4.94. The zero-order chi connectivity index (χ0) is 20.2. The van der Waals surface area contributed by atoms with Crippen molar-refractivity contribution in [1.29, 1.82) is 5.26 Å². The van der Waals surface area contributed by atoms with Gasteiger partial charge in [-0.2, -0.15) is 5.26 Å². The molecule has 1 saturated heterocycles. The zero-order valence-corrected chi connectivity index (χ0v) is 17.5. The number of rotatable bonds is 5. The quantitative estimate of drug-likeness (QED) is 0.623. The summed E-state index contributed by atoms with van der Waals surface area (Å²) in [5.74, 6) is 0.481. The Bertz CT molecular complexity index is 1050. The van der Waals surface area contributed by atoms with E-state index in [0.717, 1.165) is 48.7 Å². The van der Waals surface area contributed by atoms with Crippen LogP contribution in [0.2, 0.25) is 5.02 Å². The normalized spacial score (nSPS) is 15.3. The Labute approximate surface area is 178 Å². The second-order valence-corrected chi connectivity index (χ2v) is 8.77. The van der Waals surface area contributed by atoms with E-state index in [9.17, 15) is 4.79 Å². The largest absolute Gasteiger partial charge is 0.326 e. The first-order chi connectivity index (χ1) is 14.1. The molecule has 0 aliphatic carbocycles. The van der Waals surface area contributed by atoms with Gasteiger partial charge in [-0.05, 0) is 68.4 Å². The number of carbonyl (C=O) groups excluding carboxylic acids is 1. The molecule has 29 heavy (non-hydrogen) atoms. The molecule has 4 rings (SSSR count). The van der Waals surface area contributed by atoms with Gasteiger partial charge in [0.25, 0.3) is 0 Å². The van der Waals surface area contributed by atoms with Crippen LogP contribution in [0.4, 0.5) is 5.69 Å². The van der Waals surface area contributed by atoms with Gasteiger partial charge in [0.05, 0.1) is 26.9 Å². The maximum atomic E-state index is 12.2. The lowest BCUT2D eigenvalue weighted by atomic mass is 9.97. The van der Waals surface area contributed by atoms with Crippen LogP contribution in [0.3, 0.4) is 0 Å². The molecule has 1 fully saturated rings. The molecule has 2 aromatic carbocycles. The van der Waals surface area contributed by atoms with E-state index in [4.69, 9.17) is 21.8 Å². The third-order valence-electron chi connectivity index (χ3n) is 5.26. The van der Waals surface area contributed by atoms with Crippen LogP contribution in [0.5, 0.6) is 0 Å². The minimum atomic E-state index is -0.000108. The molecule has 1 aromatic heterocycles. The summed E-state index contributed by atoms with van der Waals surface area (Å²) in [5.41, 5.74) is 2.30. The van der Waals surface area contributed by atoms with Crippen molar-refractivity contribution >= 4 is 44.7 Å². The number of halogens is 1. The Kier molecular flexibility index (Phi) is 6.10. The van der Waals surface area contributed by atoms with E-state index in [0.29, 0.717) is 17.9 Å². The molecule has 0 saturated carbocycles. The maximum Gasteiger partial charge on any atom is 0.225 e. The fourth-order valence-electron chi connectivity index (χ4n) is 3.61. The van der Waals surface area contributed by atoms with E-state index in [2.05, 4.69) is 16.3 Å². The molecule has 0 bridgehead atoms. The molecule has 3 aromatic rings. The molecule has 0 unspecified atom stereocenters. The van der Waals surface area contributed by atoms with Crippen LogP contribution in [0.15, 0.2) is 42.5 Å². The Hall–Kier alpha value is -2.46. The first-order valence-corrected chi connectivity index (χ1v) is 10.9. The summed E-state index contributed by atoms with van der Waals surface area (Å²) in [5, 5.41) is 13.6. The lowest BCUT2D eigenvalue weighted by Gasteiger charge is -2.30. The van der Waals surface area contributed by atoms with E-state index in [-0.39, 0.29) is 5.91 Å². The summed E-state index contributed by atoms with van der Waals surface area (Å²) in [6.07, 6.45) is 2.58. The summed E-state index contributed by atoms with van der Waals surface area (Å²) in [6.45, 7) is 2.71. The lowest BCUT2D eigenvalue weighted by Crippen LogP contribution is -2.35. The smallest absolute Gasteiger partial charge is 0.225 e. The topological polar surface area (TPSA) is 69.0 Å². The van der Waals surface area contributed by atoms with E-state index in [1.165, 1.54) is 9.71 Å². The highest BCUT2D eigenvalue weighted by molar-refractivity contribution is 7.18. The molecule has 1 N–H and O–H groups in total. The van der Waals surface area contributed by atoms with Crippen molar-refractivity contribution in [2.24, 2.45) is 0 Å². The van der Waals surface area contributed by atoms with Gasteiger partial charge in [-0.3, -0.25) is 4.79 Å². The van der Waals surface area contributed by atoms with Crippen LogP contribution in [-0.4, -0.2) is 35.4 Å². The Balaban J connectivity index is 1.25. The Morgan fingerprint density at radius 3 is 2.72 bits per heavy atom. The Morgan fingerprint density at radius 1 is 1.24 bits per heavy atom. The van der Waals surface area contributed by atoms with Crippen LogP contribution < -0.4 is 5.32 Å². The molecule has 7 heteroatoms. The number of anilines is 1. The molecule has 0 atom stereocenters. The van der Waals surface area contributed by atoms with Gasteiger partial charge in [0.15, 0.2) is 0 Å². The van der Waals surface area contributed by atoms with Crippen LogP contribution >= 0.6 is 22.9 Å². The van der Waals surface area contributed by atoms with Crippen molar-refractivity contribution < 1.29 is 4.79 Å². The van der Waals surface area contributed by atoms with Crippen LogP contribution in [0.1, 0.15) is 35.8 Å². The number of aromatic nitrogens is 1. The van der Waals surface area contributed by atoms with Crippen LogP contribution in [-0.2, 0) is 4.79 Å². The molecular weight excluding hydrogens is 404 g/mol. The molecule has 0 spiro atoms. The van der Waals surface area contributed by atoms with Crippen molar-refractivity contribution in [3.63, 3.8) is 0 Å². The lowest BCUT2D eigenvalue weighted by molar-refractivity contribution is -0.116. The summed E-state index contributed by atoms with van der Waals surface area (Å²) < 4.78 is 1.19. The van der Waals surface area contributed by atoms with Gasteiger partial charge < -0.3 is 10.2 Å². The molecular formula is C22H21ClN4OS. The summed E-state index contributed by atoms with van der Waals surface area (Å²) in [7, 11) is 0. The number of hydrogen-bond donors (Lipinski definition) is 1. The number of thiazole rings is 1. The van der Waals surface area contributed by atoms with Gasteiger partial charge in [-0.1, -0.05) is 11.6 Å². The van der Waals surface area contributed by atoms with Crippen molar-refractivity contribution in [2.75, 3.05) is 25.0 Å². The number of carbonyl (C=O) groups is 1. The highest BCUT2D eigenvalue weighted by Crippen LogP contribution is 2.34. The fraction of sp³-hybridized carbons (Fsp3) is 0.318. The first-order valence-electron chi connectivity index (χ1n) is 9.69. The second kappa shape index (κ2) is 8.91. The summed E-state index contributed by atoms with van der Waals surface area (Å²) in [6, 6.07) is 14.9. The number of likely N-dealkylation sites (tertiary alicyclic amines) is 1. The highest BCUT2D eigenvalue weighted by Gasteiger charge is 2.23.